The van der Waals surface area contributed by atoms with Crippen molar-refractivity contribution in [3.63, 3.8) is 0 Å². The minimum Gasteiger partial charge on any atom is -0.324 e. The number of nitrogens with one attached hydrogen (secondary N) is 2. The number of hydrogen-bond acceptors (Lipinski definition) is 2. The van der Waals surface area contributed by atoms with Gasteiger partial charge < -0.3 is 15.2 Å². The average Bonchev–Trinajstić information content (AvgIpc) is 3.31. The molecule has 3 aromatic carbocycles. The first-order valence-electron chi connectivity index (χ1n) is 9.62. The molecule has 148 valence electrons. The molecule has 1 aromatic heterocycles. The Kier molecular flexibility index (Phi) is 5.44. The smallest absolute Gasteiger partial charge is 0.256 e. The van der Waals surface area contributed by atoms with Crippen molar-refractivity contribution in [2.75, 3.05) is 10.6 Å². The standard InChI is InChI=1S/C25H21N3O2/c1-18-22(25(30)26-20-8-3-2-4-9-20)10-7-11-23(18)27-24(29)19-12-14-21(15-13-19)28-16-5-6-17-28/h2-17H,1H3,(H,26,30)(H,27,29). The Morgan fingerprint density at radius 3 is 2.10 bits per heavy atom. The predicted octanol–water partition coefficient (Wildman–Crippen LogP) is 5.29. The SMILES string of the molecule is Cc1c(NC(=O)c2ccc(-n3cccc3)cc2)cccc1C(=O)Nc1ccccc1. The number of hydrogen-bond donors (Lipinski definition) is 2. The first-order chi connectivity index (χ1) is 14.6. The lowest BCUT2D eigenvalue weighted by atomic mass is 10.1. The molecule has 1 heterocycles. The third kappa shape index (κ3) is 4.15. The summed E-state index contributed by atoms with van der Waals surface area (Å²) in [5.41, 5.74) is 4.08. The van der Waals surface area contributed by atoms with E-state index in [1.54, 1.807) is 30.3 Å². The Hall–Kier alpha value is -4.12. The lowest BCUT2D eigenvalue weighted by Gasteiger charge is -2.13. The number of rotatable bonds is 5. The van der Waals surface area contributed by atoms with Gasteiger partial charge in [-0.15, -0.1) is 0 Å². The fourth-order valence-electron chi connectivity index (χ4n) is 3.22. The van der Waals surface area contributed by atoms with E-state index < -0.39 is 0 Å². The number of para-hydroxylation sites is 1. The van der Waals surface area contributed by atoms with Crippen molar-refractivity contribution in [1.82, 2.24) is 4.57 Å². The van der Waals surface area contributed by atoms with Crippen LogP contribution in [0.4, 0.5) is 11.4 Å². The summed E-state index contributed by atoms with van der Waals surface area (Å²) in [6.45, 7) is 1.82. The van der Waals surface area contributed by atoms with Gasteiger partial charge in [0.25, 0.3) is 11.8 Å². The van der Waals surface area contributed by atoms with Gasteiger partial charge in [-0.2, -0.15) is 0 Å². The Labute approximate surface area is 175 Å². The van der Waals surface area contributed by atoms with E-state index in [-0.39, 0.29) is 11.8 Å². The van der Waals surface area contributed by atoms with Crippen LogP contribution in [0.5, 0.6) is 0 Å². The van der Waals surface area contributed by atoms with Gasteiger partial charge in [-0.3, -0.25) is 9.59 Å². The lowest BCUT2D eigenvalue weighted by Crippen LogP contribution is -2.17. The maximum absolute atomic E-state index is 12.7. The third-order valence-corrected chi connectivity index (χ3v) is 4.89. The van der Waals surface area contributed by atoms with Crippen LogP contribution in [0, 0.1) is 6.92 Å². The van der Waals surface area contributed by atoms with Gasteiger partial charge in [-0.05, 0) is 73.2 Å². The van der Waals surface area contributed by atoms with Crippen molar-refractivity contribution < 1.29 is 9.59 Å². The van der Waals surface area contributed by atoms with Crippen molar-refractivity contribution in [2.45, 2.75) is 6.92 Å². The van der Waals surface area contributed by atoms with Crippen molar-refractivity contribution in [1.29, 1.82) is 0 Å². The first-order valence-corrected chi connectivity index (χ1v) is 9.62. The van der Waals surface area contributed by atoms with Crippen molar-refractivity contribution in [3.8, 4) is 5.69 Å². The zero-order valence-electron chi connectivity index (χ0n) is 16.5. The highest BCUT2D eigenvalue weighted by Gasteiger charge is 2.14. The van der Waals surface area contributed by atoms with Gasteiger partial charge >= 0.3 is 0 Å². The summed E-state index contributed by atoms with van der Waals surface area (Å²) in [7, 11) is 0. The molecule has 0 spiro atoms. The van der Waals surface area contributed by atoms with Crippen molar-refractivity contribution >= 4 is 23.2 Å². The molecule has 0 fully saturated rings. The number of carbonyl (C=O) groups is 2. The Balaban J connectivity index is 1.50. The molecule has 4 rings (SSSR count). The number of nitrogens with zero attached hydrogens (tertiary/aromatic N) is 1. The van der Waals surface area contributed by atoms with Crippen LogP contribution >= 0.6 is 0 Å². The molecule has 0 aliphatic rings. The zero-order valence-corrected chi connectivity index (χ0v) is 16.5. The molecule has 4 aromatic rings. The van der Waals surface area contributed by atoms with Crippen molar-refractivity contribution in [3.05, 3.63) is 114 Å². The van der Waals surface area contributed by atoms with Gasteiger partial charge in [0.2, 0.25) is 0 Å². The van der Waals surface area contributed by atoms with Gasteiger partial charge in [0.05, 0.1) is 0 Å². The highest BCUT2D eigenvalue weighted by atomic mass is 16.2. The largest absolute Gasteiger partial charge is 0.324 e. The quantitative estimate of drug-likeness (QED) is 0.482. The Bertz CT molecular complexity index is 1170. The fourth-order valence-corrected chi connectivity index (χ4v) is 3.22. The molecule has 5 nitrogen and oxygen atoms in total. The number of benzene rings is 3. The first kappa shape index (κ1) is 19.2. The van der Waals surface area contributed by atoms with E-state index in [9.17, 15) is 9.59 Å². The van der Waals surface area contributed by atoms with Gasteiger partial charge in [-0.25, -0.2) is 0 Å². The number of aromatic nitrogens is 1. The van der Waals surface area contributed by atoms with Crippen LogP contribution in [0.3, 0.4) is 0 Å². The third-order valence-electron chi connectivity index (χ3n) is 4.89. The molecule has 0 saturated heterocycles. The summed E-state index contributed by atoms with van der Waals surface area (Å²) in [5, 5.41) is 5.79. The molecule has 2 amide bonds. The molecule has 30 heavy (non-hydrogen) atoms. The molecule has 0 radical (unpaired) electrons. The van der Waals surface area contributed by atoms with Gasteiger partial charge in [0.1, 0.15) is 0 Å². The van der Waals surface area contributed by atoms with Gasteiger partial charge in [0, 0.05) is 40.6 Å². The molecule has 0 aliphatic heterocycles. The van der Waals surface area contributed by atoms with E-state index in [1.165, 1.54) is 0 Å². The predicted molar refractivity (Wildman–Crippen MR) is 119 cm³/mol. The summed E-state index contributed by atoms with van der Waals surface area (Å²) >= 11 is 0. The monoisotopic (exact) mass is 395 g/mol. The molecule has 0 atom stereocenters. The van der Waals surface area contributed by atoms with Crippen molar-refractivity contribution in [2.24, 2.45) is 0 Å². The van der Waals surface area contributed by atoms with Gasteiger partial charge in [-0.1, -0.05) is 24.3 Å². The maximum Gasteiger partial charge on any atom is 0.256 e. The molecule has 5 heteroatoms. The number of amides is 2. The van der Waals surface area contributed by atoms with E-state index in [0.29, 0.717) is 22.4 Å². The second-order valence-electron chi connectivity index (χ2n) is 6.89. The highest BCUT2D eigenvalue weighted by molar-refractivity contribution is 6.08. The Morgan fingerprint density at radius 1 is 0.700 bits per heavy atom. The summed E-state index contributed by atoms with van der Waals surface area (Å²) in [6, 6.07) is 25.8. The van der Waals surface area contributed by atoms with Crippen LogP contribution in [0.15, 0.2) is 97.3 Å². The molecule has 0 bridgehead atoms. The van der Waals surface area contributed by atoms with E-state index in [4.69, 9.17) is 0 Å². The highest BCUT2D eigenvalue weighted by Crippen LogP contribution is 2.21. The summed E-state index contributed by atoms with van der Waals surface area (Å²) in [6.07, 6.45) is 3.90. The average molecular weight is 395 g/mol. The molecule has 0 aliphatic carbocycles. The summed E-state index contributed by atoms with van der Waals surface area (Å²) in [4.78, 5) is 25.4. The molecule has 2 N–H and O–H groups in total. The van der Waals surface area contributed by atoms with E-state index in [0.717, 1.165) is 11.4 Å². The van der Waals surface area contributed by atoms with E-state index in [2.05, 4.69) is 10.6 Å². The molecule has 0 unspecified atom stereocenters. The van der Waals surface area contributed by atoms with Crippen LogP contribution in [0.1, 0.15) is 26.3 Å². The minimum atomic E-state index is -0.224. The van der Waals surface area contributed by atoms with E-state index in [1.807, 2.05) is 78.5 Å². The van der Waals surface area contributed by atoms with Crippen LogP contribution in [-0.2, 0) is 0 Å². The van der Waals surface area contributed by atoms with Crippen LogP contribution in [0.25, 0.3) is 5.69 Å². The number of carbonyl (C=O) groups excluding carboxylic acids is 2. The topological polar surface area (TPSA) is 63.1 Å². The molecular weight excluding hydrogens is 374 g/mol. The number of anilines is 2. The second-order valence-corrected chi connectivity index (χ2v) is 6.89. The summed E-state index contributed by atoms with van der Waals surface area (Å²) < 4.78 is 1.97. The van der Waals surface area contributed by atoms with Crippen LogP contribution in [0.2, 0.25) is 0 Å². The second kappa shape index (κ2) is 8.49. The van der Waals surface area contributed by atoms with Crippen LogP contribution in [-0.4, -0.2) is 16.4 Å². The fraction of sp³-hybridized carbons (Fsp3) is 0.0400. The summed E-state index contributed by atoms with van der Waals surface area (Å²) in [5.74, 6) is -0.441. The molecular formula is C25H21N3O2. The zero-order chi connectivity index (χ0) is 20.9. The maximum atomic E-state index is 12.7. The normalized spacial score (nSPS) is 10.4. The van der Waals surface area contributed by atoms with E-state index >= 15 is 0 Å². The van der Waals surface area contributed by atoms with Gasteiger partial charge in [0.15, 0.2) is 0 Å². The lowest BCUT2D eigenvalue weighted by molar-refractivity contribution is 0.101. The minimum absolute atomic E-state index is 0.217. The Morgan fingerprint density at radius 2 is 1.40 bits per heavy atom. The van der Waals surface area contributed by atoms with Crippen LogP contribution < -0.4 is 10.6 Å². The molecule has 0 saturated carbocycles.